The van der Waals surface area contributed by atoms with Crippen molar-refractivity contribution in [3.05, 3.63) is 63.6 Å². The lowest BCUT2D eigenvalue weighted by molar-refractivity contribution is 0.545. The van der Waals surface area contributed by atoms with E-state index < -0.39 is 0 Å². The molecule has 1 aromatic heterocycles. The van der Waals surface area contributed by atoms with Crippen molar-refractivity contribution in [1.29, 1.82) is 0 Å². The number of nitrogens with zero attached hydrogens (tertiary/aromatic N) is 1. The van der Waals surface area contributed by atoms with Crippen LogP contribution in [0.1, 0.15) is 17.3 Å². The first-order valence-corrected chi connectivity index (χ1v) is 6.59. The average molecular weight is 299 g/mol. The quantitative estimate of drug-likeness (QED) is 0.922. The maximum absolute atomic E-state index is 13.8. The summed E-state index contributed by atoms with van der Waals surface area (Å²) in [6, 6.07) is 7.98. The molecule has 5 heteroatoms. The van der Waals surface area contributed by atoms with Crippen LogP contribution >= 0.6 is 23.2 Å². The molecule has 0 spiro atoms. The van der Waals surface area contributed by atoms with Crippen molar-refractivity contribution in [3.63, 3.8) is 0 Å². The maximum Gasteiger partial charge on any atom is 0.127 e. The lowest BCUT2D eigenvalue weighted by atomic mass is 10.0. The van der Waals surface area contributed by atoms with Gasteiger partial charge in [0.2, 0.25) is 0 Å². The molecule has 1 heterocycles. The van der Waals surface area contributed by atoms with E-state index in [1.54, 1.807) is 37.5 Å². The molecule has 1 N–H and O–H groups in total. The zero-order chi connectivity index (χ0) is 13.8. The predicted molar refractivity (Wildman–Crippen MR) is 76.2 cm³/mol. The van der Waals surface area contributed by atoms with Crippen LogP contribution in [0, 0.1) is 5.82 Å². The fourth-order valence-corrected chi connectivity index (χ4v) is 2.41. The second-order valence-electron chi connectivity index (χ2n) is 4.12. The molecule has 0 aliphatic carbocycles. The van der Waals surface area contributed by atoms with Gasteiger partial charge >= 0.3 is 0 Å². The number of aromatic nitrogens is 1. The third kappa shape index (κ3) is 3.24. The minimum atomic E-state index is -0.320. The van der Waals surface area contributed by atoms with Crippen molar-refractivity contribution in [2.45, 2.75) is 12.5 Å². The second kappa shape index (κ2) is 6.33. The van der Waals surface area contributed by atoms with E-state index in [1.807, 2.05) is 0 Å². The molecular weight excluding hydrogens is 286 g/mol. The molecule has 2 rings (SSSR count). The van der Waals surface area contributed by atoms with Gasteiger partial charge in [0.15, 0.2) is 0 Å². The molecule has 0 fully saturated rings. The Labute approximate surface area is 121 Å². The van der Waals surface area contributed by atoms with Gasteiger partial charge in [-0.15, -0.1) is 0 Å². The highest BCUT2D eigenvalue weighted by atomic mass is 35.5. The highest BCUT2D eigenvalue weighted by molar-refractivity contribution is 6.31. The highest BCUT2D eigenvalue weighted by Gasteiger charge is 2.18. The number of rotatable bonds is 4. The van der Waals surface area contributed by atoms with Gasteiger partial charge in [-0.05, 0) is 37.7 Å². The third-order valence-electron chi connectivity index (χ3n) is 2.94. The van der Waals surface area contributed by atoms with Crippen LogP contribution in [0.3, 0.4) is 0 Å². The van der Waals surface area contributed by atoms with Crippen LogP contribution in [0.25, 0.3) is 0 Å². The SMILES string of the molecule is CNC(Cc1c(F)cccc1Cl)c1ncccc1Cl. The Kier molecular flexibility index (Phi) is 4.75. The van der Waals surface area contributed by atoms with Gasteiger partial charge in [0, 0.05) is 16.8 Å². The van der Waals surface area contributed by atoms with Gasteiger partial charge in [0.25, 0.3) is 0 Å². The van der Waals surface area contributed by atoms with Gasteiger partial charge in [-0.3, -0.25) is 4.98 Å². The van der Waals surface area contributed by atoms with E-state index in [4.69, 9.17) is 23.2 Å². The molecule has 1 unspecified atom stereocenters. The molecule has 0 aliphatic rings. The Balaban J connectivity index is 2.32. The summed E-state index contributed by atoms with van der Waals surface area (Å²) in [5.41, 5.74) is 1.15. The lowest BCUT2D eigenvalue weighted by Crippen LogP contribution is -2.21. The van der Waals surface area contributed by atoms with E-state index in [9.17, 15) is 4.39 Å². The first-order valence-electron chi connectivity index (χ1n) is 5.84. The smallest absolute Gasteiger partial charge is 0.127 e. The summed E-state index contributed by atoms with van der Waals surface area (Å²) < 4.78 is 13.8. The van der Waals surface area contributed by atoms with Crippen molar-refractivity contribution < 1.29 is 4.39 Å². The van der Waals surface area contributed by atoms with Crippen molar-refractivity contribution in [3.8, 4) is 0 Å². The van der Waals surface area contributed by atoms with Gasteiger partial charge in [0.1, 0.15) is 5.82 Å². The molecule has 2 nitrogen and oxygen atoms in total. The minimum Gasteiger partial charge on any atom is -0.311 e. The van der Waals surface area contributed by atoms with Gasteiger partial charge in [0.05, 0.1) is 16.8 Å². The molecular formula is C14H13Cl2FN2. The van der Waals surface area contributed by atoms with Crippen LogP contribution in [0.15, 0.2) is 36.5 Å². The predicted octanol–water partition coefficient (Wildman–Crippen LogP) is 4.03. The molecule has 19 heavy (non-hydrogen) atoms. The maximum atomic E-state index is 13.8. The first kappa shape index (κ1) is 14.3. The van der Waals surface area contributed by atoms with Crippen LogP contribution in [0.2, 0.25) is 10.0 Å². The van der Waals surface area contributed by atoms with Crippen LogP contribution in [-0.2, 0) is 6.42 Å². The highest BCUT2D eigenvalue weighted by Crippen LogP contribution is 2.27. The largest absolute Gasteiger partial charge is 0.311 e. The summed E-state index contributed by atoms with van der Waals surface area (Å²) in [7, 11) is 1.78. The molecule has 100 valence electrons. The molecule has 0 amide bonds. The first-order chi connectivity index (χ1) is 9.13. The number of benzene rings is 1. The number of likely N-dealkylation sites (N-methyl/N-ethyl adjacent to an activating group) is 1. The number of halogens is 3. The third-order valence-corrected chi connectivity index (χ3v) is 3.61. The molecule has 1 atom stereocenters. The Morgan fingerprint density at radius 3 is 2.58 bits per heavy atom. The van der Waals surface area contributed by atoms with E-state index >= 15 is 0 Å². The van der Waals surface area contributed by atoms with E-state index in [2.05, 4.69) is 10.3 Å². The molecule has 2 aromatic rings. The number of hydrogen-bond donors (Lipinski definition) is 1. The fraction of sp³-hybridized carbons (Fsp3) is 0.214. The summed E-state index contributed by atoms with van der Waals surface area (Å²) in [5, 5.41) is 4.05. The lowest BCUT2D eigenvalue weighted by Gasteiger charge is -2.18. The molecule has 1 aromatic carbocycles. The van der Waals surface area contributed by atoms with E-state index in [0.717, 1.165) is 0 Å². The number of pyridine rings is 1. The Morgan fingerprint density at radius 1 is 1.21 bits per heavy atom. The second-order valence-corrected chi connectivity index (χ2v) is 4.93. The monoisotopic (exact) mass is 298 g/mol. The molecule has 0 aliphatic heterocycles. The van der Waals surface area contributed by atoms with Crippen LogP contribution < -0.4 is 5.32 Å². The standard InChI is InChI=1S/C14H13Cl2FN2/c1-18-13(14-11(16)5-3-7-19-14)8-9-10(15)4-2-6-12(9)17/h2-7,13,18H,8H2,1H3. The summed E-state index contributed by atoms with van der Waals surface area (Å²) in [6.07, 6.45) is 2.05. The minimum absolute atomic E-state index is 0.192. The Hall–Kier alpha value is -1.16. The van der Waals surface area contributed by atoms with Gasteiger partial charge in [-0.25, -0.2) is 4.39 Å². The normalized spacial score (nSPS) is 12.4. The summed E-state index contributed by atoms with van der Waals surface area (Å²) in [6.45, 7) is 0. The summed E-state index contributed by atoms with van der Waals surface area (Å²) in [5.74, 6) is -0.320. The fourth-order valence-electron chi connectivity index (χ4n) is 1.92. The zero-order valence-corrected chi connectivity index (χ0v) is 11.8. The van der Waals surface area contributed by atoms with E-state index in [0.29, 0.717) is 27.7 Å². The van der Waals surface area contributed by atoms with Gasteiger partial charge in [-0.2, -0.15) is 0 Å². The Morgan fingerprint density at radius 2 is 1.95 bits per heavy atom. The molecule has 0 saturated heterocycles. The van der Waals surface area contributed by atoms with Gasteiger partial charge < -0.3 is 5.32 Å². The van der Waals surface area contributed by atoms with Crippen molar-refractivity contribution in [2.75, 3.05) is 7.05 Å². The summed E-state index contributed by atoms with van der Waals surface area (Å²) >= 11 is 12.2. The number of nitrogens with one attached hydrogen (secondary N) is 1. The van der Waals surface area contributed by atoms with Crippen LogP contribution in [-0.4, -0.2) is 12.0 Å². The van der Waals surface area contributed by atoms with E-state index in [-0.39, 0.29) is 11.9 Å². The van der Waals surface area contributed by atoms with Crippen LogP contribution in [0.5, 0.6) is 0 Å². The molecule has 0 saturated carbocycles. The molecule has 0 bridgehead atoms. The topological polar surface area (TPSA) is 24.9 Å². The molecule has 0 radical (unpaired) electrons. The van der Waals surface area contributed by atoms with Gasteiger partial charge in [-0.1, -0.05) is 29.3 Å². The Bertz CT molecular complexity index is 555. The number of hydrogen-bond acceptors (Lipinski definition) is 2. The van der Waals surface area contributed by atoms with Crippen molar-refractivity contribution >= 4 is 23.2 Å². The van der Waals surface area contributed by atoms with Crippen molar-refractivity contribution in [2.24, 2.45) is 0 Å². The average Bonchev–Trinajstić information content (AvgIpc) is 2.40. The van der Waals surface area contributed by atoms with Crippen molar-refractivity contribution in [1.82, 2.24) is 10.3 Å². The zero-order valence-electron chi connectivity index (χ0n) is 10.3. The summed E-state index contributed by atoms with van der Waals surface area (Å²) in [4.78, 5) is 4.24. The van der Waals surface area contributed by atoms with E-state index in [1.165, 1.54) is 6.07 Å². The van der Waals surface area contributed by atoms with Crippen LogP contribution in [0.4, 0.5) is 4.39 Å².